The lowest BCUT2D eigenvalue weighted by Crippen LogP contribution is -2.06. The van der Waals surface area contributed by atoms with Gasteiger partial charge in [-0.25, -0.2) is 0 Å². The molecule has 0 aliphatic carbocycles. The standard InChI is InChI=1S/C10H11ClN4OS/c1-2-16-10-14-8(11)13-9(15-10)12-6-7-4-3-5-17-7/h3-5H,2,6H2,1H3,(H,12,13,14,15). The van der Waals surface area contributed by atoms with Crippen molar-refractivity contribution in [2.75, 3.05) is 11.9 Å². The zero-order valence-electron chi connectivity index (χ0n) is 9.18. The van der Waals surface area contributed by atoms with Crippen LogP contribution in [0.25, 0.3) is 0 Å². The van der Waals surface area contributed by atoms with Gasteiger partial charge in [-0.1, -0.05) is 6.07 Å². The van der Waals surface area contributed by atoms with E-state index in [1.54, 1.807) is 11.3 Å². The highest BCUT2D eigenvalue weighted by Gasteiger charge is 2.05. The normalized spacial score (nSPS) is 10.2. The Bertz CT molecular complexity index is 477. The third-order valence-corrected chi connectivity index (χ3v) is 2.91. The summed E-state index contributed by atoms with van der Waals surface area (Å²) in [6, 6.07) is 4.26. The van der Waals surface area contributed by atoms with Gasteiger partial charge in [-0.05, 0) is 30.0 Å². The maximum absolute atomic E-state index is 5.77. The first-order chi connectivity index (χ1) is 8.28. The Morgan fingerprint density at radius 2 is 2.29 bits per heavy atom. The summed E-state index contributed by atoms with van der Waals surface area (Å²) in [4.78, 5) is 13.1. The molecule has 2 rings (SSSR count). The molecule has 1 N–H and O–H groups in total. The molecule has 0 aliphatic rings. The maximum atomic E-state index is 5.77. The predicted molar refractivity (Wildman–Crippen MR) is 67.7 cm³/mol. The lowest BCUT2D eigenvalue weighted by molar-refractivity contribution is 0.312. The molecule has 2 heterocycles. The molecule has 90 valence electrons. The third-order valence-electron chi connectivity index (χ3n) is 1.86. The number of aromatic nitrogens is 3. The van der Waals surface area contributed by atoms with Crippen LogP contribution in [-0.4, -0.2) is 21.6 Å². The lowest BCUT2D eigenvalue weighted by Gasteiger charge is -2.05. The summed E-state index contributed by atoms with van der Waals surface area (Å²) in [6.07, 6.45) is 0. The average molecular weight is 271 g/mol. The summed E-state index contributed by atoms with van der Waals surface area (Å²) in [5.74, 6) is 0.418. The third kappa shape index (κ3) is 3.54. The van der Waals surface area contributed by atoms with Gasteiger partial charge in [0.25, 0.3) is 0 Å². The van der Waals surface area contributed by atoms with E-state index >= 15 is 0 Å². The highest BCUT2D eigenvalue weighted by molar-refractivity contribution is 7.09. The summed E-state index contributed by atoms with van der Waals surface area (Å²) in [5.41, 5.74) is 0. The molecule has 2 aromatic rings. The van der Waals surface area contributed by atoms with E-state index in [1.807, 2.05) is 24.4 Å². The molecule has 0 fully saturated rings. The maximum Gasteiger partial charge on any atom is 0.322 e. The summed E-state index contributed by atoms with van der Waals surface area (Å²) in [6.45, 7) is 3.00. The summed E-state index contributed by atoms with van der Waals surface area (Å²) >= 11 is 7.43. The van der Waals surface area contributed by atoms with E-state index in [0.717, 1.165) is 0 Å². The summed E-state index contributed by atoms with van der Waals surface area (Å²) < 4.78 is 5.18. The van der Waals surface area contributed by atoms with E-state index < -0.39 is 0 Å². The number of nitrogens with zero attached hydrogens (tertiary/aromatic N) is 3. The van der Waals surface area contributed by atoms with Crippen molar-refractivity contribution in [1.29, 1.82) is 0 Å². The molecular formula is C10H11ClN4OS. The molecule has 17 heavy (non-hydrogen) atoms. The van der Waals surface area contributed by atoms with Gasteiger partial charge in [-0.3, -0.25) is 0 Å². The number of ether oxygens (including phenoxy) is 1. The smallest absolute Gasteiger partial charge is 0.322 e. The van der Waals surface area contributed by atoms with Gasteiger partial charge in [0, 0.05) is 4.88 Å². The van der Waals surface area contributed by atoms with Crippen molar-refractivity contribution in [3.63, 3.8) is 0 Å². The molecule has 0 saturated heterocycles. The van der Waals surface area contributed by atoms with Crippen molar-refractivity contribution in [1.82, 2.24) is 15.0 Å². The zero-order valence-corrected chi connectivity index (χ0v) is 10.8. The van der Waals surface area contributed by atoms with E-state index in [1.165, 1.54) is 4.88 Å². The van der Waals surface area contributed by atoms with Crippen LogP contribution in [0.3, 0.4) is 0 Å². The fourth-order valence-corrected chi connectivity index (χ4v) is 1.98. The van der Waals surface area contributed by atoms with Gasteiger partial charge in [-0.15, -0.1) is 11.3 Å². The number of rotatable bonds is 5. The van der Waals surface area contributed by atoms with Crippen molar-refractivity contribution < 1.29 is 4.74 Å². The van der Waals surface area contributed by atoms with Crippen LogP contribution in [0, 0.1) is 0 Å². The number of anilines is 1. The van der Waals surface area contributed by atoms with Crippen molar-refractivity contribution in [2.45, 2.75) is 13.5 Å². The van der Waals surface area contributed by atoms with E-state index in [-0.39, 0.29) is 11.3 Å². The average Bonchev–Trinajstić information content (AvgIpc) is 2.79. The fraction of sp³-hybridized carbons (Fsp3) is 0.300. The summed E-state index contributed by atoms with van der Waals surface area (Å²) in [5, 5.41) is 5.21. The van der Waals surface area contributed by atoms with Crippen molar-refractivity contribution in [3.05, 3.63) is 27.7 Å². The molecule has 0 aromatic carbocycles. The first kappa shape index (κ1) is 12.1. The Labute approximate surface area is 108 Å². The Hall–Kier alpha value is -1.40. The van der Waals surface area contributed by atoms with Crippen LogP contribution < -0.4 is 10.1 Å². The number of hydrogen-bond acceptors (Lipinski definition) is 6. The van der Waals surface area contributed by atoms with Crippen LogP contribution in [-0.2, 0) is 6.54 Å². The lowest BCUT2D eigenvalue weighted by atomic mass is 10.5. The summed E-state index contributed by atoms with van der Waals surface area (Å²) in [7, 11) is 0. The zero-order chi connectivity index (χ0) is 12.1. The second-order valence-electron chi connectivity index (χ2n) is 3.08. The second kappa shape index (κ2) is 5.79. The van der Waals surface area contributed by atoms with E-state index in [0.29, 0.717) is 19.1 Å². The molecule has 0 radical (unpaired) electrons. The monoisotopic (exact) mass is 270 g/mol. The quantitative estimate of drug-likeness (QED) is 0.905. The Kier molecular flexibility index (Phi) is 4.11. The van der Waals surface area contributed by atoms with E-state index in [9.17, 15) is 0 Å². The Balaban J connectivity index is 2.04. The van der Waals surface area contributed by atoms with Crippen LogP contribution in [0.15, 0.2) is 17.5 Å². The van der Waals surface area contributed by atoms with Crippen LogP contribution >= 0.6 is 22.9 Å². The van der Waals surface area contributed by atoms with Gasteiger partial charge < -0.3 is 10.1 Å². The van der Waals surface area contributed by atoms with E-state index in [4.69, 9.17) is 16.3 Å². The minimum absolute atomic E-state index is 0.122. The van der Waals surface area contributed by atoms with Crippen LogP contribution in [0.5, 0.6) is 6.01 Å². The van der Waals surface area contributed by atoms with E-state index in [2.05, 4.69) is 20.3 Å². The first-order valence-electron chi connectivity index (χ1n) is 5.08. The molecule has 2 aromatic heterocycles. The van der Waals surface area contributed by atoms with Gasteiger partial charge in [-0.2, -0.15) is 15.0 Å². The van der Waals surface area contributed by atoms with Crippen molar-refractivity contribution in [3.8, 4) is 6.01 Å². The van der Waals surface area contributed by atoms with Gasteiger partial charge in [0.1, 0.15) is 0 Å². The molecule has 0 aliphatic heterocycles. The Morgan fingerprint density at radius 3 is 3.00 bits per heavy atom. The highest BCUT2D eigenvalue weighted by atomic mass is 35.5. The second-order valence-corrected chi connectivity index (χ2v) is 4.45. The van der Waals surface area contributed by atoms with Gasteiger partial charge in [0.2, 0.25) is 11.2 Å². The first-order valence-corrected chi connectivity index (χ1v) is 6.34. The van der Waals surface area contributed by atoms with Crippen LogP contribution in [0.1, 0.15) is 11.8 Å². The van der Waals surface area contributed by atoms with Gasteiger partial charge in [0.05, 0.1) is 13.2 Å². The van der Waals surface area contributed by atoms with Gasteiger partial charge >= 0.3 is 6.01 Å². The van der Waals surface area contributed by atoms with Crippen LogP contribution in [0.2, 0.25) is 5.28 Å². The fourth-order valence-electron chi connectivity index (χ4n) is 1.18. The van der Waals surface area contributed by atoms with Crippen molar-refractivity contribution in [2.24, 2.45) is 0 Å². The Morgan fingerprint density at radius 1 is 1.41 bits per heavy atom. The molecule has 0 saturated carbocycles. The SMILES string of the molecule is CCOc1nc(Cl)nc(NCc2cccs2)n1. The number of hydrogen-bond donors (Lipinski definition) is 1. The largest absolute Gasteiger partial charge is 0.464 e. The molecule has 5 nitrogen and oxygen atoms in total. The van der Waals surface area contributed by atoms with Crippen LogP contribution in [0.4, 0.5) is 5.95 Å². The molecule has 7 heteroatoms. The topological polar surface area (TPSA) is 59.9 Å². The minimum atomic E-state index is 0.122. The highest BCUT2D eigenvalue weighted by Crippen LogP contribution is 2.14. The molecule has 0 atom stereocenters. The molecule has 0 unspecified atom stereocenters. The van der Waals surface area contributed by atoms with Crippen molar-refractivity contribution >= 4 is 28.9 Å². The number of thiophene rings is 1. The van der Waals surface area contributed by atoms with Gasteiger partial charge in [0.15, 0.2) is 0 Å². The number of halogens is 1. The number of nitrogens with one attached hydrogen (secondary N) is 1. The minimum Gasteiger partial charge on any atom is -0.464 e. The molecular weight excluding hydrogens is 260 g/mol. The molecule has 0 bridgehead atoms. The molecule has 0 spiro atoms. The molecule has 0 amide bonds. The predicted octanol–water partition coefficient (Wildman–Crippen LogP) is 2.60.